The van der Waals surface area contributed by atoms with Crippen LogP contribution in [0.3, 0.4) is 0 Å². The van der Waals surface area contributed by atoms with Crippen molar-refractivity contribution in [1.29, 1.82) is 0 Å². The van der Waals surface area contributed by atoms with Gasteiger partial charge in [-0.15, -0.1) is 0 Å². The van der Waals surface area contributed by atoms with E-state index in [1.54, 1.807) is 0 Å². The topological polar surface area (TPSA) is 67.6 Å². The number of aromatic nitrogens is 1. The minimum absolute atomic E-state index is 0.0946. The van der Waals surface area contributed by atoms with Crippen LogP contribution in [0.5, 0.6) is 0 Å². The molecule has 2 heterocycles. The number of carbonyl (C=O) groups is 1. The van der Waals surface area contributed by atoms with Gasteiger partial charge in [0.05, 0.1) is 12.6 Å². The van der Waals surface area contributed by atoms with E-state index in [-0.39, 0.29) is 23.5 Å². The maximum absolute atomic E-state index is 12.6. The molecule has 4 rings (SSSR count). The van der Waals surface area contributed by atoms with Crippen molar-refractivity contribution in [3.8, 4) is 0 Å². The average molecular weight is 476 g/mol. The summed E-state index contributed by atoms with van der Waals surface area (Å²) < 4.78 is 11.3. The number of nitrogens with zero attached hydrogens (tertiary/aromatic N) is 2. The normalized spacial score (nSPS) is 17.0. The summed E-state index contributed by atoms with van der Waals surface area (Å²) in [6.07, 6.45) is 3.57. The summed E-state index contributed by atoms with van der Waals surface area (Å²) in [4.78, 5) is 19.4. The molecule has 1 aliphatic heterocycles. The molecule has 2 aromatic carbocycles. The fourth-order valence-electron chi connectivity index (χ4n) is 4.38. The Morgan fingerprint density at radius 2 is 1.86 bits per heavy atom. The molecule has 3 aromatic rings. The second kappa shape index (κ2) is 11.2. The molecule has 1 amide bonds. The number of amides is 1. The Bertz CT molecular complexity index is 1080. The van der Waals surface area contributed by atoms with E-state index >= 15 is 0 Å². The molecular formula is C29H37N3O3. The predicted molar refractivity (Wildman–Crippen MR) is 137 cm³/mol. The molecule has 0 unspecified atom stereocenters. The highest BCUT2D eigenvalue weighted by atomic mass is 16.5. The van der Waals surface area contributed by atoms with Crippen LogP contribution in [0.1, 0.15) is 79.6 Å². The summed E-state index contributed by atoms with van der Waals surface area (Å²) >= 11 is 0. The Labute approximate surface area is 208 Å². The Morgan fingerprint density at radius 1 is 1.11 bits per heavy atom. The molecule has 186 valence electrons. The van der Waals surface area contributed by atoms with E-state index < -0.39 is 0 Å². The molecule has 0 spiro atoms. The summed E-state index contributed by atoms with van der Waals surface area (Å²) in [6, 6.07) is 19.4. The van der Waals surface area contributed by atoms with Crippen molar-refractivity contribution in [2.75, 3.05) is 13.2 Å². The van der Waals surface area contributed by atoms with Crippen LogP contribution in [-0.4, -0.2) is 35.0 Å². The molecule has 0 radical (unpaired) electrons. The van der Waals surface area contributed by atoms with Gasteiger partial charge in [0, 0.05) is 25.7 Å². The molecule has 0 bridgehead atoms. The monoisotopic (exact) mass is 475 g/mol. The van der Waals surface area contributed by atoms with Gasteiger partial charge in [0.25, 0.3) is 5.91 Å². The van der Waals surface area contributed by atoms with Crippen LogP contribution in [0.4, 0.5) is 0 Å². The first-order valence-electron chi connectivity index (χ1n) is 12.5. The standard InChI is InChI=1S/C29H37N3O3/c1-21(23-9-6-5-7-10-23)32(18-22-12-14-24(15-13-22)29(2,3)4)19-27-31-26(20-35-27)28(33)30-17-25-11-8-16-34-25/h5-7,9-10,12-15,20-21,25H,8,11,16-19H2,1-4H3,(H,30,33)/t21-,25-/m1/s1. The van der Waals surface area contributed by atoms with E-state index in [2.05, 4.69) is 91.4 Å². The fraction of sp³-hybridized carbons (Fsp3) is 0.448. The van der Waals surface area contributed by atoms with Crippen molar-refractivity contribution in [2.45, 2.75) is 71.2 Å². The molecule has 6 heteroatoms. The van der Waals surface area contributed by atoms with Crippen molar-refractivity contribution in [3.05, 3.63) is 89.1 Å². The number of carbonyl (C=O) groups excluding carboxylic acids is 1. The Morgan fingerprint density at radius 3 is 2.51 bits per heavy atom. The summed E-state index contributed by atoms with van der Waals surface area (Å²) in [5.74, 6) is 0.303. The molecule has 1 aliphatic rings. The van der Waals surface area contributed by atoms with Crippen LogP contribution < -0.4 is 5.32 Å². The first kappa shape index (κ1) is 25.1. The lowest BCUT2D eigenvalue weighted by Gasteiger charge is -2.29. The van der Waals surface area contributed by atoms with Crippen LogP contribution >= 0.6 is 0 Å². The second-order valence-electron chi connectivity index (χ2n) is 10.4. The van der Waals surface area contributed by atoms with Gasteiger partial charge in [-0.3, -0.25) is 9.69 Å². The highest BCUT2D eigenvalue weighted by Gasteiger charge is 2.22. The maximum atomic E-state index is 12.6. The molecule has 1 saturated heterocycles. The Kier molecular flexibility index (Phi) is 8.04. The number of hydrogen-bond donors (Lipinski definition) is 1. The number of ether oxygens (including phenoxy) is 1. The molecule has 35 heavy (non-hydrogen) atoms. The van der Waals surface area contributed by atoms with Gasteiger partial charge in [-0.05, 0) is 41.9 Å². The fourth-order valence-corrected chi connectivity index (χ4v) is 4.38. The molecule has 1 aromatic heterocycles. The molecule has 1 N–H and O–H groups in total. The Hall–Kier alpha value is -2.96. The van der Waals surface area contributed by atoms with E-state index in [1.165, 1.54) is 23.0 Å². The molecular weight excluding hydrogens is 438 g/mol. The van der Waals surface area contributed by atoms with Crippen molar-refractivity contribution in [1.82, 2.24) is 15.2 Å². The van der Waals surface area contributed by atoms with E-state index in [4.69, 9.17) is 9.15 Å². The van der Waals surface area contributed by atoms with Gasteiger partial charge in [0.1, 0.15) is 6.26 Å². The number of oxazole rings is 1. The number of benzene rings is 2. The SMILES string of the molecule is C[C@H](c1ccccc1)N(Cc1ccc(C(C)(C)C)cc1)Cc1nc(C(=O)NC[C@H]2CCCO2)co1. The number of nitrogens with one attached hydrogen (secondary N) is 1. The van der Waals surface area contributed by atoms with E-state index in [0.29, 0.717) is 24.7 Å². The summed E-state index contributed by atoms with van der Waals surface area (Å²) in [5.41, 5.74) is 4.19. The van der Waals surface area contributed by atoms with Crippen LogP contribution in [0.15, 0.2) is 65.3 Å². The first-order chi connectivity index (χ1) is 16.8. The highest BCUT2D eigenvalue weighted by molar-refractivity contribution is 5.91. The zero-order valence-corrected chi connectivity index (χ0v) is 21.3. The summed E-state index contributed by atoms with van der Waals surface area (Å²) in [7, 11) is 0. The van der Waals surface area contributed by atoms with E-state index in [9.17, 15) is 4.79 Å². The minimum atomic E-state index is -0.226. The van der Waals surface area contributed by atoms with Gasteiger partial charge < -0.3 is 14.5 Å². The van der Waals surface area contributed by atoms with Crippen molar-refractivity contribution in [2.24, 2.45) is 0 Å². The van der Waals surface area contributed by atoms with E-state index in [1.807, 2.05) is 6.07 Å². The van der Waals surface area contributed by atoms with Crippen LogP contribution in [0.2, 0.25) is 0 Å². The van der Waals surface area contributed by atoms with Gasteiger partial charge >= 0.3 is 0 Å². The van der Waals surface area contributed by atoms with Crippen molar-refractivity contribution >= 4 is 5.91 Å². The molecule has 2 atom stereocenters. The predicted octanol–water partition coefficient (Wildman–Crippen LogP) is 5.64. The third kappa shape index (κ3) is 6.80. The van der Waals surface area contributed by atoms with E-state index in [0.717, 1.165) is 26.0 Å². The molecule has 0 aliphatic carbocycles. The maximum Gasteiger partial charge on any atom is 0.273 e. The van der Waals surface area contributed by atoms with Crippen LogP contribution in [-0.2, 0) is 23.2 Å². The molecule has 0 saturated carbocycles. The number of rotatable bonds is 9. The van der Waals surface area contributed by atoms with Gasteiger partial charge in [0.15, 0.2) is 5.69 Å². The molecule has 1 fully saturated rings. The zero-order chi connectivity index (χ0) is 24.8. The first-order valence-corrected chi connectivity index (χ1v) is 12.5. The van der Waals surface area contributed by atoms with Gasteiger partial charge in [0.2, 0.25) is 5.89 Å². The highest BCUT2D eigenvalue weighted by Crippen LogP contribution is 2.26. The Balaban J connectivity index is 1.47. The lowest BCUT2D eigenvalue weighted by Crippen LogP contribution is -2.32. The third-order valence-electron chi connectivity index (χ3n) is 6.67. The van der Waals surface area contributed by atoms with Gasteiger partial charge in [-0.1, -0.05) is 75.4 Å². The molecule has 6 nitrogen and oxygen atoms in total. The quantitative estimate of drug-likeness (QED) is 0.433. The number of hydrogen-bond acceptors (Lipinski definition) is 5. The largest absolute Gasteiger partial charge is 0.447 e. The van der Waals surface area contributed by atoms with Crippen LogP contribution in [0.25, 0.3) is 0 Å². The zero-order valence-electron chi connectivity index (χ0n) is 21.3. The lowest BCUT2D eigenvalue weighted by atomic mass is 9.86. The van der Waals surface area contributed by atoms with Crippen LogP contribution in [0, 0.1) is 0 Å². The second-order valence-corrected chi connectivity index (χ2v) is 10.4. The van der Waals surface area contributed by atoms with Crippen molar-refractivity contribution in [3.63, 3.8) is 0 Å². The third-order valence-corrected chi connectivity index (χ3v) is 6.67. The smallest absolute Gasteiger partial charge is 0.273 e. The average Bonchev–Trinajstić information content (AvgIpc) is 3.54. The summed E-state index contributed by atoms with van der Waals surface area (Å²) in [6.45, 7) is 11.4. The summed E-state index contributed by atoms with van der Waals surface area (Å²) in [5, 5.41) is 2.91. The van der Waals surface area contributed by atoms with Gasteiger partial charge in [-0.25, -0.2) is 4.98 Å². The van der Waals surface area contributed by atoms with Gasteiger partial charge in [-0.2, -0.15) is 0 Å². The minimum Gasteiger partial charge on any atom is -0.447 e. The van der Waals surface area contributed by atoms with Crippen molar-refractivity contribution < 1.29 is 13.9 Å². The lowest BCUT2D eigenvalue weighted by molar-refractivity contribution is 0.0853.